The quantitative estimate of drug-likeness (QED) is 0.244. The lowest BCUT2D eigenvalue weighted by molar-refractivity contribution is -0.137. The van der Waals surface area contributed by atoms with Crippen molar-refractivity contribution in [2.24, 2.45) is 13.0 Å². The van der Waals surface area contributed by atoms with E-state index in [4.69, 9.17) is 0 Å². The van der Waals surface area contributed by atoms with Crippen LogP contribution in [0.1, 0.15) is 64.8 Å². The number of benzene rings is 2. The van der Waals surface area contributed by atoms with Gasteiger partial charge in [-0.3, -0.25) is 9.69 Å². The Morgan fingerprint density at radius 2 is 2.02 bits per heavy atom. The largest absolute Gasteiger partial charge is 0.493 e. The number of aliphatic carboxylic acids is 1. The third kappa shape index (κ3) is 5.20. The van der Waals surface area contributed by atoms with Crippen LogP contribution in [0.4, 0.5) is 0 Å². The summed E-state index contributed by atoms with van der Waals surface area (Å²) in [4.78, 5) is 19.1. The molecular weight excluding hydrogens is 534 g/mol. The molecule has 0 spiro atoms. The maximum absolute atomic E-state index is 12.2. The second-order valence-corrected chi connectivity index (χ2v) is 12.3. The molecule has 2 atom stereocenters. The van der Waals surface area contributed by atoms with Gasteiger partial charge in [0.05, 0.1) is 17.6 Å². The van der Waals surface area contributed by atoms with Crippen molar-refractivity contribution in [1.29, 1.82) is 0 Å². The van der Waals surface area contributed by atoms with Gasteiger partial charge in [0.2, 0.25) is 5.88 Å². The van der Waals surface area contributed by atoms with E-state index in [9.17, 15) is 15.0 Å². The van der Waals surface area contributed by atoms with Gasteiger partial charge in [0.25, 0.3) is 0 Å². The Morgan fingerprint density at radius 1 is 1.20 bits per heavy atom. The van der Waals surface area contributed by atoms with Crippen LogP contribution in [0.5, 0.6) is 5.88 Å². The summed E-state index contributed by atoms with van der Waals surface area (Å²) < 4.78 is 3.00. The first-order chi connectivity index (χ1) is 19.7. The Kier molecular flexibility index (Phi) is 7.25. The third-order valence-corrected chi connectivity index (χ3v) is 9.60. The maximum Gasteiger partial charge on any atom is 0.304 e. The Morgan fingerprint density at radius 3 is 2.80 bits per heavy atom. The number of thiophene rings is 1. The Balaban J connectivity index is 1.44. The van der Waals surface area contributed by atoms with Crippen molar-refractivity contribution in [3.8, 4) is 5.88 Å². The highest BCUT2D eigenvalue weighted by molar-refractivity contribution is 7.17. The first kappa shape index (κ1) is 27.4. The van der Waals surface area contributed by atoms with Gasteiger partial charge in [0.15, 0.2) is 0 Å². The van der Waals surface area contributed by atoms with Crippen LogP contribution in [0.25, 0.3) is 21.1 Å². The standard InChI is InChI=1S/C32H35N5O3S/c1-5-20-11-21-6-7-28(38)33-27(21)17-37(15-20)16-24-13-23(12-22-8-9-41-32(22)24)26(14-29(39)40)25-10-18(2)31-30(19(25)3)34-35-36(31)4/h6-10,12-13,20,26H,5,11,14-17H2,1-4H3,(H,33,38)(H,39,40)/t20-,26-/m0/s1. The molecule has 0 saturated heterocycles. The molecule has 2 N–H and O–H groups in total. The normalized spacial score (nSPS) is 16.6. The predicted octanol–water partition coefficient (Wildman–Crippen LogP) is 6.09. The lowest BCUT2D eigenvalue weighted by atomic mass is 9.83. The second-order valence-electron chi connectivity index (χ2n) is 11.4. The van der Waals surface area contributed by atoms with E-state index >= 15 is 0 Å². The van der Waals surface area contributed by atoms with Crippen molar-refractivity contribution < 1.29 is 15.0 Å². The summed E-state index contributed by atoms with van der Waals surface area (Å²) in [5, 5.41) is 32.0. The van der Waals surface area contributed by atoms with E-state index in [-0.39, 0.29) is 18.2 Å². The van der Waals surface area contributed by atoms with E-state index in [1.165, 1.54) is 15.8 Å². The van der Waals surface area contributed by atoms with Gasteiger partial charge in [-0.15, -0.1) is 16.4 Å². The fourth-order valence-corrected chi connectivity index (χ4v) is 7.42. The molecule has 0 bridgehead atoms. The van der Waals surface area contributed by atoms with Crippen LogP contribution < -0.4 is 0 Å². The molecular formula is C32H35N5O3S. The number of aromatic nitrogens is 4. The third-order valence-electron chi connectivity index (χ3n) is 8.59. The molecule has 0 unspecified atom stereocenters. The highest BCUT2D eigenvalue weighted by Crippen LogP contribution is 2.38. The molecule has 0 aliphatic carbocycles. The average Bonchev–Trinajstić information content (AvgIpc) is 3.53. The lowest BCUT2D eigenvalue weighted by Gasteiger charge is -2.25. The van der Waals surface area contributed by atoms with Gasteiger partial charge in [-0.25, -0.2) is 9.67 Å². The van der Waals surface area contributed by atoms with Crippen LogP contribution >= 0.6 is 11.3 Å². The van der Waals surface area contributed by atoms with Gasteiger partial charge < -0.3 is 10.2 Å². The van der Waals surface area contributed by atoms with Crippen molar-refractivity contribution in [2.75, 3.05) is 6.54 Å². The molecule has 1 aliphatic heterocycles. The summed E-state index contributed by atoms with van der Waals surface area (Å²) in [6.45, 7) is 8.61. The fourth-order valence-electron chi connectivity index (χ4n) is 6.54. The number of carboxylic acids is 1. The topological polar surface area (TPSA) is 104 Å². The van der Waals surface area contributed by atoms with Crippen LogP contribution in [0.2, 0.25) is 0 Å². The summed E-state index contributed by atoms with van der Waals surface area (Å²) in [6, 6.07) is 12.3. The fraction of sp³-hybridized carbons (Fsp3) is 0.375. The average molecular weight is 570 g/mol. The summed E-state index contributed by atoms with van der Waals surface area (Å²) >= 11 is 1.72. The van der Waals surface area contributed by atoms with Crippen LogP contribution in [0.15, 0.2) is 41.8 Å². The molecule has 6 rings (SSSR count). The highest BCUT2D eigenvalue weighted by atomic mass is 32.1. The summed E-state index contributed by atoms with van der Waals surface area (Å²) in [5.41, 5.74) is 9.11. The number of rotatable bonds is 7. The van der Waals surface area contributed by atoms with Gasteiger partial charge in [0, 0.05) is 43.4 Å². The highest BCUT2D eigenvalue weighted by Gasteiger charge is 2.26. The van der Waals surface area contributed by atoms with Crippen LogP contribution in [-0.4, -0.2) is 47.6 Å². The molecule has 212 valence electrons. The Bertz CT molecular complexity index is 1770. The molecule has 8 nitrogen and oxygen atoms in total. The van der Waals surface area contributed by atoms with Gasteiger partial charge in [0.1, 0.15) is 5.52 Å². The first-order valence-corrected chi connectivity index (χ1v) is 15.0. The molecule has 5 aromatic rings. The molecule has 2 aromatic carbocycles. The van der Waals surface area contributed by atoms with Crippen LogP contribution in [0.3, 0.4) is 0 Å². The van der Waals surface area contributed by atoms with Gasteiger partial charge in [-0.2, -0.15) is 0 Å². The maximum atomic E-state index is 12.2. The molecule has 0 radical (unpaired) electrons. The molecule has 0 amide bonds. The zero-order valence-corrected chi connectivity index (χ0v) is 24.7. The Labute approximate surface area is 243 Å². The van der Waals surface area contributed by atoms with Crippen molar-refractivity contribution in [3.05, 3.63) is 80.9 Å². The number of aromatic hydroxyl groups is 1. The van der Waals surface area contributed by atoms with Gasteiger partial charge >= 0.3 is 5.97 Å². The number of carboxylic acid groups (broad SMARTS) is 1. The summed E-state index contributed by atoms with van der Waals surface area (Å²) in [6.07, 6.45) is 2.00. The monoisotopic (exact) mass is 569 g/mol. The van der Waals surface area contributed by atoms with Crippen molar-refractivity contribution in [3.63, 3.8) is 0 Å². The van der Waals surface area contributed by atoms with Crippen LogP contribution in [-0.2, 0) is 31.4 Å². The number of hydrogen-bond acceptors (Lipinski definition) is 7. The summed E-state index contributed by atoms with van der Waals surface area (Å²) in [7, 11) is 1.88. The first-order valence-electron chi connectivity index (χ1n) is 14.1. The molecule has 4 heterocycles. The molecule has 0 fully saturated rings. The molecule has 41 heavy (non-hydrogen) atoms. The smallest absolute Gasteiger partial charge is 0.304 e. The SMILES string of the molecule is CC[C@H]1Cc2ccc(O)nc2CN(Cc2cc([C@H](CC(=O)O)c3cc(C)c4c(nnn4C)c3C)cc3ccsc23)C1. The summed E-state index contributed by atoms with van der Waals surface area (Å²) in [5.74, 6) is -0.608. The number of pyridine rings is 1. The molecule has 3 aromatic heterocycles. The lowest BCUT2D eigenvalue weighted by Crippen LogP contribution is -2.27. The van der Waals surface area contributed by atoms with Crippen LogP contribution in [0, 0.1) is 19.8 Å². The van der Waals surface area contributed by atoms with Gasteiger partial charge in [-0.05, 0) is 82.5 Å². The van der Waals surface area contributed by atoms with Crippen molar-refractivity contribution in [2.45, 2.75) is 59.0 Å². The minimum atomic E-state index is -0.834. The van der Waals surface area contributed by atoms with Crippen molar-refractivity contribution in [1.82, 2.24) is 24.9 Å². The molecule has 9 heteroatoms. The number of aryl methyl sites for hydroxylation is 3. The zero-order valence-electron chi connectivity index (χ0n) is 23.9. The number of fused-ring (bicyclic) bond motifs is 3. The van der Waals surface area contributed by atoms with Gasteiger partial charge in [-0.1, -0.05) is 36.8 Å². The van der Waals surface area contributed by atoms with E-state index in [2.05, 4.69) is 56.8 Å². The number of carbonyl (C=O) groups is 1. The molecule has 0 saturated carbocycles. The number of nitrogens with zero attached hydrogens (tertiary/aromatic N) is 5. The Hall–Kier alpha value is -3.82. The number of hydrogen-bond donors (Lipinski definition) is 2. The minimum absolute atomic E-state index is 0.0146. The van der Waals surface area contributed by atoms with E-state index in [1.807, 2.05) is 27.0 Å². The molecule has 1 aliphatic rings. The van der Waals surface area contributed by atoms with E-state index in [0.29, 0.717) is 12.5 Å². The van der Waals surface area contributed by atoms with E-state index in [0.717, 1.165) is 70.3 Å². The van der Waals surface area contributed by atoms with Crippen molar-refractivity contribution >= 4 is 38.4 Å². The van der Waals surface area contributed by atoms with E-state index in [1.54, 1.807) is 22.1 Å². The van der Waals surface area contributed by atoms with E-state index < -0.39 is 5.97 Å². The second kappa shape index (κ2) is 10.9. The zero-order chi connectivity index (χ0) is 28.8. The minimum Gasteiger partial charge on any atom is -0.493 e. The predicted molar refractivity (Wildman–Crippen MR) is 161 cm³/mol.